The highest BCUT2D eigenvalue weighted by atomic mass is 35.5. The van der Waals surface area contributed by atoms with Gasteiger partial charge in [-0.05, 0) is 48.9 Å². The van der Waals surface area contributed by atoms with Crippen LogP contribution in [0.1, 0.15) is 18.2 Å². The molecule has 2 atom stereocenters. The minimum Gasteiger partial charge on any atom is -0.496 e. The molecule has 13 heteroatoms. The van der Waals surface area contributed by atoms with Crippen LogP contribution in [0.2, 0.25) is 10.0 Å². The number of amides is 2. The van der Waals surface area contributed by atoms with E-state index in [1.54, 1.807) is 24.3 Å². The van der Waals surface area contributed by atoms with Gasteiger partial charge in [0.2, 0.25) is 0 Å². The van der Waals surface area contributed by atoms with E-state index < -0.39 is 28.9 Å². The lowest BCUT2D eigenvalue weighted by atomic mass is 10.1. The van der Waals surface area contributed by atoms with Crippen LogP contribution in [-0.2, 0) is 16.0 Å². The van der Waals surface area contributed by atoms with E-state index >= 15 is 0 Å². The summed E-state index contributed by atoms with van der Waals surface area (Å²) in [5, 5.41) is 18.5. The lowest BCUT2D eigenvalue weighted by Gasteiger charge is -2.21. The van der Waals surface area contributed by atoms with E-state index in [2.05, 4.69) is 15.8 Å². The molecule has 0 aliphatic rings. The fraction of sp³-hybridized carbons (Fsp3) is 0.167. The summed E-state index contributed by atoms with van der Waals surface area (Å²) in [5.41, 5.74) is 3.48. The fourth-order valence-electron chi connectivity index (χ4n) is 3.97. The van der Waals surface area contributed by atoms with Crippen LogP contribution in [0, 0.1) is 10.1 Å². The van der Waals surface area contributed by atoms with Crippen LogP contribution in [0.25, 0.3) is 11.3 Å². The van der Waals surface area contributed by atoms with Crippen molar-refractivity contribution < 1.29 is 28.4 Å². The van der Waals surface area contributed by atoms with Crippen molar-refractivity contribution in [2.45, 2.75) is 25.5 Å². The van der Waals surface area contributed by atoms with Crippen molar-refractivity contribution in [3.05, 3.63) is 110 Å². The number of methoxy groups -OCH3 is 1. The number of carbonyl (C=O) groups is 2. The van der Waals surface area contributed by atoms with E-state index in [0.717, 1.165) is 5.56 Å². The summed E-state index contributed by atoms with van der Waals surface area (Å²) in [6, 6.07) is 20.1. The average Bonchev–Trinajstić information content (AvgIpc) is 3.47. The van der Waals surface area contributed by atoms with Gasteiger partial charge in [-0.15, -0.1) is 0 Å². The number of carbonyl (C=O) groups excluding carboxylic acids is 2. The Balaban J connectivity index is 1.45. The lowest BCUT2D eigenvalue weighted by Crippen LogP contribution is -2.50. The summed E-state index contributed by atoms with van der Waals surface area (Å²) in [6.45, 7) is 1.53. The van der Waals surface area contributed by atoms with Crippen molar-refractivity contribution in [2.24, 2.45) is 5.10 Å². The number of benzene rings is 3. The zero-order valence-electron chi connectivity index (χ0n) is 23.0. The van der Waals surface area contributed by atoms with E-state index in [0.29, 0.717) is 22.1 Å². The number of nitrogens with one attached hydrogen (secondary N) is 2. The second-order valence-electron chi connectivity index (χ2n) is 9.16. The van der Waals surface area contributed by atoms with Crippen LogP contribution in [0.3, 0.4) is 0 Å². The molecule has 1 heterocycles. The van der Waals surface area contributed by atoms with Gasteiger partial charge in [-0.25, -0.2) is 5.43 Å². The predicted octanol–water partition coefficient (Wildman–Crippen LogP) is 5.82. The largest absolute Gasteiger partial charge is 0.496 e. The molecule has 0 fully saturated rings. The highest BCUT2D eigenvalue weighted by Crippen LogP contribution is 2.34. The zero-order valence-corrected chi connectivity index (χ0v) is 24.5. The molecule has 2 amide bonds. The molecule has 222 valence electrons. The number of nitro groups is 1. The van der Waals surface area contributed by atoms with Gasteiger partial charge in [-0.3, -0.25) is 19.7 Å². The van der Waals surface area contributed by atoms with E-state index in [1.807, 2.05) is 30.3 Å². The molecule has 0 unspecified atom stereocenters. The van der Waals surface area contributed by atoms with Crippen LogP contribution in [0.5, 0.6) is 11.5 Å². The maximum Gasteiger partial charge on any atom is 0.270 e. The second-order valence-corrected chi connectivity index (χ2v) is 10.0. The molecular formula is C30H26Cl2N4O7. The SMILES string of the molecule is COc1ccc([N+](=O)[O-])cc1-c1ccc(/C=N\NC(=O)[C@@H](Cc2ccccc2)NC(=O)[C@H](C)Oc2ccc(Cl)cc2Cl)o1. The molecule has 43 heavy (non-hydrogen) atoms. The smallest absolute Gasteiger partial charge is 0.270 e. The average molecular weight is 625 g/mol. The quantitative estimate of drug-likeness (QED) is 0.115. The first-order valence-corrected chi connectivity index (χ1v) is 13.6. The number of hydrogen-bond donors (Lipinski definition) is 2. The third kappa shape index (κ3) is 8.34. The number of hydrazone groups is 1. The van der Waals surface area contributed by atoms with E-state index in [4.69, 9.17) is 37.1 Å². The Morgan fingerprint density at radius 2 is 1.77 bits per heavy atom. The third-order valence-corrected chi connectivity index (χ3v) is 6.67. The first-order valence-electron chi connectivity index (χ1n) is 12.9. The Labute approximate surface area is 256 Å². The van der Waals surface area contributed by atoms with Gasteiger partial charge in [-0.1, -0.05) is 53.5 Å². The monoisotopic (exact) mass is 624 g/mol. The molecule has 0 aliphatic heterocycles. The summed E-state index contributed by atoms with van der Waals surface area (Å²) >= 11 is 12.1. The van der Waals surface area contributed by atoms with Crippen LogP contribution in [0.4, 0.5) is 5.69 Å². The second kappa shape index (κ2) is 14.3. The minimum atomic E-state index is -1.000. The predicted molar refractivity (Wildman–Crippen MR) is 162 cm³/mol. The Hall–Kier alpha value is -4.87. The number of hydrogen-bond acceptors (Lipinski definition) is 8. The van der Waals surface area contributed by atoms with Crippen molar-refractivity contribution in [3.8, 4) is 22.8 Å². The molecule has 0 spiro atoms. The van der Waals surface area contributed by atoms with Crippen LogP contribution in [-0.4, -0.2) is 42.2 Å². The number of non-ortho nitro benzene ring substituents is 1. The molecule has 4 rings (SSSR count). The van der Waals surface area contributed by atoms with Gasteiger partial charge in [0.05, 0.1) is 28.8 Å². The number of rotatable bonds is 12. The molecule has 0 radical (unpaired) electrons. The van der Waals surface area contributed by atoms with E-state index in [-0.39, 0.29) is 28.6 Å². The standard InChI is InChI=1S/C30H26Cl2N4O7/c1-18(42-28-11-8-20(31)15-24(28)32)29(37)34-25(14-19-6-4-3-5-7-19)30(38)35-33-17-22-10-13-27(43-22)23-16-21(36(39)40)9-12-26(23)41-2/h3-13,15-18,25H,14H2,1-2H3,(H,34,37)(H,35,38)/b33-17-/t18-,25+/m0/s1. The summed E-state index contributed by atoms with van der Waals surface area (Å²) < 4.78 is 16.7. The molecular weight excluding hydrogens is 599 g/mol. The number of halogens is 2. The molecule has 1 aromatic heterocycles. The number of nitro benzene ring substituents is 1. The van der Waals surface area contributed by atoms with Crippen LogP contribution < -0.4 is 20.2 Å². The van der Waals surface area contributed by atoms with Gasteiger partial charge in [0.1, 0.15) is 29.1 Å². The minimum absolute atomic E-state index is 0.128. The Kier molecular flexibility index (Phi) is 10.4. The lowest BCUT2D eigenvalue weighted by molar-refractivity contribution is -0.384. The maximum absolute atomic E-state index is 13.1. The first kappa shape index (κ1) is 31.1. The molecule has 0 bridgehead atoms. The Bertz CT molecular complexity index is 1640. The molecule has 3 aromatic carbocycles. The van der Waals surface area contributed by atoms with Gasteiger partial charge >= 0.3 is 0 Å². The number of ether oxygens (including phenoxy) is 2. The van der Waals surface area contributed by atoms with Crippen LogP contribution in [0.15, 0.2) is 88.4 Å². The van der Waals surface area contributed by atoms with Crippen molar-refractivity contribution >= 4 is 46.9 Å². The molecule has 4 aromatic rings. The van der Waals surface area contributed by atoms with Gasteiger partial charge in [-0.2, -0.15) is 5.10 Å². The normalized spacial score (nSPS) is 12.4. The van der Waals surface area contributed by atoms with Crippen molar-refractivity contribution in [1.82, 2.24) is 10.7 Å². The van der Waals surface area contributed by atoms with E-state index in [9.17, 15) is 19.7 Å². The van der Waals surface area contributed by atoms with Gasteiger partial charge in [0, 0.05) is 23.6 Å². The molecule has 0 aliphatic carbocycles. The van der Waals surface area contributed by atoms with E-state index in [1.165, 1.54) is 44.5 Å². The number of nitrogens with zero attached hydrogens (tertiary/aromatic N) is 2. The number of furan rings is 1. The van der Waals surface area contributed by atoms with Crippen molar-refractivity contribution in [1.29, 1.82) is 0 Å². The molecule has 0 saturated heterocycles. The Morgan fingerprint density at radius 3 is 2.47 bits per heavy atom. The molecule has 11 nitrogen and oxygen atoms in total. The molecule has 2 N–H and O–H groups in total. The Morgan fingerprint density at radius 1 is 1.02 bits per heavy atom. The maximum atomic E-state index is 13.1. The van der Waals surface area contributed by atoms with Crippen LogP contribution >= 0.6 is 23.2 Å². The summed E-state index contributed by atoms with van der Waals surface area (Å²) in [5.74, 6) is 0.0763. The van der Waals surface area contributed by atoms with Gasteiger partial charge in [0.15, 0.2) is 6.10 Å². The van der Waals surface area contributed by atoms with Crippen molar-refractivity contribution in [2.75, 3.05) is 7.11 Å². The zero-order chi connectivity index (χ0) is 30.9. The summed E-state index contributed by atoms with van der Waals surface area (Å²) in [7, 11) is 1.44. The first-order chi connectivity index (χ1) is 20.6. The summed E-state index contributed by atoms with van der Waals surface area (Å²) in [6.07, 6.45) is 0.460. The highest BCUT2D eigenvalue weighted by molar-refractivity contribution is 6.35. The third-order valence-electron chi connectivity index (χ3n) is 6.14. The highest BCUT2D eigenvalue weighted by Gasteiger charge is 2.25. The summed E-state index contributed by atoms with van der Waals surface area (Å²) in [4.78, 5) is 36.8. The van der Waals surface area contributed by atoms with Gasteiger partial charge < -0.3 is 19.2 Å². The molecule has 0 saturated carbocycles. The van der Waals surface area contributed by atoms with Gasteiger partial charge in [0.25, 0.3) is 17.5 Å². The fourth-order valence-corrected chi connectivity index (χ4v) is 4.42. The topological polar surface area (TPSA) is 145 Å². The van der Waals surface area contributed by atoms with Crippen molar-refractivity contribution in [3.63, 3.8) is 0 Å².